The molecule has 8 nitrogen and oxygen atoms in total. The normalized spacial score (nSPS) is 19.1. The highest BCUT2D eigenvalue weighted by atomic mass is 32.2. The maximum atomic E-state index is 12.9. The molecule has 27 heavy (non-hydrogen) atoms. The number of hydrogen-bond acceptors (Lipinski definition) is 6. The number of rotatable bonds is 3. The van der Waals surface area contributed by atoms with Gasteiger partial charge >= 0.3 is 0 Å². The summed E-state index contributed by atoms with van der Waals surface area (Å²) in [4.78, 5) is 16.7. The zero-order valence-electron chi connectivity index (χ0n) is 14.3. The van der Waals surface area contributed by atoms with Crippen molar-refractivity contribution < 1.29 is 23.1 Å². The van der Waals surface area contributed by atoms with Crippen LogP contribution in [-0.4, -0.2) is 55.8 Å². The predicted molar refractivity (Wildman–Crippen MR) is 99.0 cm³/mol. The second-order valence-electron chi connectivity index (χ2n) is 6.15. The fourth-order valence-corrected chi connectivity index (χ4v) is 4.43. The molecule has 0 radical (unpaired) electrons. The molecular weight excluding hydrogens is 370 g/mol. The van der Waals surface area contributed by atoms with Crippen molar-refractivity contribution >= 4 is 33.0 Å². The van der Waals surface area contributed by atoms with Crippen molar-refractivity contribution in [2.24, 2.45) is 4.99 Å². The standard InChI is InChI=1S/C18H17N3O5S/c22-13-3-1-12(2-4-13)19-17-15-11-14(5-6-16(15)20-18(17)23)27(24,25)21-7-9-26-10-8-21/h1-6,11,22H,7-10H2,(H,19,20,23). The van der Waals surface area contributed by atoms with Gasteiger partial charge in [0.2, 0.25) is 10.0 Å². The van der Waals surface area contributed by atoms with Gasteiger partial charge in [0.25, 0.3) is 5.91 Å². The van der Waals surface area contributed by atoms with Crippen molar-refractivity contribution in [2.45, 2.75) is 4.90 Å². The van der Waals surface area contributed by atoms with Gasteiger partial charge < -0.3 is 15.2 Å². The Bertz CT molecular complexity index is 1030. The Labute approximate surface area is 156 Å². The van der Waals surface area contributed by atoms with Gasteiger partial charge in [0, 0.05) is 18.7 Å². The molecule has 0 aromatic heterocycles. The number of anilines is 1. The quantitative estimate of drug-likeness (QED) is 0.829. The van der Waals surface area contributed by atoms with Crippen LogP contribution in [0.15, 0.2) is 52.4 Å². The first-order valence-corrected chi connectivity index (χ1v) is 9.80. The number of benzene rings is 2. The number of morpholine rings is 1. The minimum atomic E-state index is -3.68. The van der Waals surface area contributed by atoms with Crippen LogP contribution in [0.3, 0.4) is 0 Å². The van der Waals surface area contributed by atoms with Gasteiger partial charge in [-0.15, -0.1) is 0 Å². The Hall–Kier alpha value is -2.75. The molecule has 0 spiro atoms. The first-order chi connectivity index (χ1) is 12.9. The van der Waals surface area contributed by atoms with Gasteiger partial charge in [0.05, 0.1) is 29.5 Å². The third-order valence-electron chi connectivity index (χ3n) is 4.41. The number of amides is 1. The molecule has 2 aromatic rings. The van der Waals surface area contributed by atoms with E-state index in [0.29, 0.717) is 43.2 Å². The van der Waals surface area contributed by atoms with Crippen molar-refractivity contribution in [1.82, 2.24) is 4.31 Å². The third kappa shape index (κ3) is 3.32. The van der Waals surface area contributed by atoms with Crippen molar-refractivity contribution in [2.75, 3.05) is 31.6 Å². The first-order valence-electron chi connectivity index (χ1n) is 8.36. The predicted octanol–water partition coefficient (Wildman–Crippen LogP) is 1.49. The molecule has 0 bridgehead atoms. The lowest BCUT2D eigenvalue weighted by atomic mass is 10.1. The number of phenols is 1. The fourth-order valence-electron chi connectivity index (χ4n) is 3.00. The molecule has 2 N–H and O–H groups in total. The number of ether oxygens (including phenoxy) is 1. The van der Waals surface area contributed by atoms with E-state index in [9.17, 15) is 18.3 Å². The van der Waals surface area contributed by atoms with Crippen LogP contribution in [0, 0.1) is 0 Å². The highest BCUT2D eigenvalue weighted by Crippen LogP contribution is 2.30. The number of phenolic OH excluding ortho intramolecular Hbond substituents is 1. The second kappa shape index (κ2) is 6.76. The number of fused-ring (bicyclic) bond motifs is 1. The third-order valence-corrected chi connectivity index (χ3v) is 6.30. The van der Waals surface area contributed by atoms with Crippen molar-refractivity contribution in [1.29, 1.82) is 0 Å². The van der Waals surface area contributed by atoms with Crippen LogP contribution in [0.2, 0.25) is 0 Å². The average Bonchev–Trinajstić information content (AvgIpc) is 2.99. The van der Waals surface area contributed by atoms with Gasteiger partial charge in [-0.25, -0.2) is 13.4 Å². The van der Waals surface area contributed by atoms with Crippen LogP contribution in [-0.2, 0) is 19.6 Å². The van der Waals surface area contributed by atoms with E-state index >= 15 is 0 Å². The first kappa shape index (κ1) is 17.7. The van der Waals surface area contributed by atoms with Crippen molar-refractivity contribution in [3.63, 3.8) is 0 Å². The Morgan fingerprint density at radius 2 is 1.78 bits per heavy atom. The number of aliphatic imine (C=N–C) groups is 1. The highest BCUT2D eigenvalue weighted by Gasteiger charge is 2.31. The average molecular weight is 387 g/mol. The Morgan fingerprint density at radius 3 is 2.48 bits per heavy atom. The Balaban J connectivity index is 1.73. The molecule has 0 saturated carbocycles. The molecular formula is C18H17N3O5S. The zero-order chi connectivity index (χ0) is 19.0. The summed E-state index contributed by atoms with van der Waals surface area (Å²) in [6.45, 7) is 1.31. The summed E-state index contributed by atoms with van der Waals surface area (Å²) in [5.41, 5.74) is 1.56. The SMILES string of the molecule is O=C1Nc2ccc(S(=O)(=O)N3CCOCC3)cc2C1=Nc1ccc(O)cc1. The summed E-state index contributed by atoms with van der Waals surface area (Å²) in [5.74, 6) is -0.312. The van der Waals surface area contributed by atoms with Crippen LogP contribution >= 0.6 is 0 Å². The van der Waals surface area contributed by atoms with E-state index in [0.717, 1.165) is 0 Å². The summed E-state index contributed by atoms with van der Waals surface area (Å²) >= 11 is 0. The monoisotopic (exact) mass is 387 g/mol. The van der Waals surface area contributed by atoms with E-state index < -0.39 is 15.9 Å². The fraction of sp³-hybridized carbons (Fsp3) is 0.222. The van der Waals surface area contributed by atoms with E-state index in [2.05, 4.69) is 10.3 Å². The van der Waals surface area contributed by atoms with Crippen LogP contribution < -0.4 is 5.32 Å². The number of aromatic hydroxyl groups is 1. The molecule has 0 aliphatic carbocycles. The van der Waals surface area contributed by atoms with Crippen LogP contribution in [0.1, 0.15) is 5.56 Å². The molecule has 2 aliphatic rings. The molecule has 2 aliphatic heterocycles. The largest absolute Gasteiger partial charge is 0.508 e. The second-order valence-corrected chi connectivity index (χ2v) is 8.09. The minimum Gasteiger partial charge on any atom is -0.508 e. The Morgan fingerprint density at radius 1 is 1.07 bits per heavy atom. The number of hydrogen-bond donors (Lipinski definition) is 2. The molecule has 1 fully saturated rings. The molecule has 2 aromatic carbocycles. The minimum absolute atomic E-state index is 0.0918. The van der Waals surface area contributed by atoms with Gasteiger partial charge in [-0.05, 0) is 42.5 Å². The Kier molecular flexibility index (Phi) is 4.42. The number of nitrogens with one attached hydrogen (secondary N) is 1. The molecule has 4 rings (SSSR count). The van der Waals surface area contributed by atoms with Crippen molar-refractivity contribution in [3.05, 3.63) is 48.0 Å². The van der Waals surface area contributed by atoms with E-state index in [1.807, 2.05) is 0 Å². The van der Waals surface area contributed by atoms with Gasteiger partial charge in [-0.3, -0.25) is 4.79 Å². The van der Waals surface area contributed by atoms with Gasteiger partial charge in [0.15, 0.2) is 0 Å². The highest BCUT2D eigenvalue weighted by molar-refractivity contribution is 7.89. The lowest BCUT2D eigenvalue weighted by Gasteiger charge is -2.26. The van der Waals surface area contributed by atoms with Crippen LogP contribution in [0.25, 0.3) is 0 Å². The molecule has 1 amide bonds. The van der Waals surface area contributed by atoms with E-state index in [1.54, 1.807) is 18.2 Å². The van der Waals surface area contributed by atoms with E-state index in [1.165, 1.54) is 28.6 Å². The number of carbonyl (C=O) groups is 1. The topological polar surface area (TPSA) is 108 Å². The number of sulfonamides is 1. The summed E-state index contributed by atoms with van der Waals surface area (Å²) in [5, 5.41) is 12.1. The number of carbonyl (C=O) groups excluding carboxylic acids is 1. The summed E-state index contributed by atoms with van der Waals surface area (Å²) in [6.07, 6.45) is 0. The zero-order valence-corrected chi connectivity index (χ0v) is 15.1. The molecule has 0 atom stereocenters. The maximum Gasteiger partial charge on any atom is 0.275 e. The van der Waals surface area contributed by atoms with Crippen LogP contribution in [0.5, 0.6) is 5.75 Å². The lowest BCUT2D eigenvalue weighted by Crippen LogP contribution is -2.40. The molecule has 1 saturated heterocycles. The van der Waals surface area contributed by atoms with Gasteiger partial charge in [0.1, 0.15) is 11.5 Å². The van der Waals surface area contributed by atoms with Gasteiger partial charge in [-0.1, -0.05) is 0 Å². The summed E-state index contributed by atoms with van der Waals surface area (Å²) in [6, 6.07) is 10.6. The maximum absolute atomic E-state index is 12.9. The summed E-state index contributed by atoms with van der Waals surface area (Å²) < 4.78 is 32.3. The van der Waals surface area contributed by atoms with E-state index in [4.69, 9.17) is 4.74 Å². The molecule has 140 valence electrons. The van der Waals surface area contributed by atoms with Crippen molar-refractivity contribution in [3.8, 4) is 5.75 Å². The van der Waals surface area contributed by atoms with Gasteiger partial charge in [-0.2, -0.15) is 4.31 Å². The molecule has 9 heteroatoms. The lowest BCUT2D eigenvalue weighted by molar-refractivity contribution is -0.110. The molecule has 2 heterocycles. The summed E-state index contributed by atoms with van der Waals surface area (Å²) in [7, 11) is -3.68. The molecule has 0 unspecified atom stereocenters. The smallest absolute Gasteiger partial charge is 0.275 e. The van der Waals surface area contributed by atoms with Crippen LogP contribution in [0.4, 0.5) is 11.4 Å². The number of nitrogens with zero attached hydrogens (tertiary/aromatic N) is 2. The van der Waals surface area contributed by atoms with E-state index in [-0.39, 0.29) is 16.4 Å².